The van der Waals surface area contributed by atoms with Gasteiger partial charge < -0.3 is 10.1 Å². The Hall–Kier alpha value is -2.95. The number of carbonyl (C=O) groups is 1. The molecule has 2 N–H and O–H groups in total. The molecule has 0 bridgehead atoms. The maximum atomic E-state index is 13.2. The predicted octanol–water partition coefficient (Wildman–Crippen LogP) is 5.75. The molecule has 4 rings (SSSR count). The molecule has 1 amide bonds. The molecular weight excluding hydrogens is 574 g/mol. The van der Waals surface area contributed by atoms with Crippen molar-refractivity contribution in [3.8, 4) is 5.75 Å². The van der Waals surface area contributed by atoms with E-state index >= 15 is 0 Å². The Morgan fingerprint density at radius 2 is 1.84 bits per heavy atom. The fourth-order valence-electron chi connectivity index (χ4n) is 3.90. The van der Waals surface area contributed by atoms with Gasteiger partial charge in [0.15, 0.2) is 5.11 Å². The molecule has 1 heterocycles. The van der Waals surface area contributed by atoms with E-state index in [2.05, 4.69) is 40.4 Å². The van der Waals surface area contributed by atoms with Crippen molar-refractivity contribution in [1.82, 2.24) is 5.32 Å². The smallest absolute Gasteiger partial charge is 0.264 e. The maximum Gasteiger partial charge on any atom is 0.264 e. The lowest BCUT2D eigenvalue weighted by Crippen LogP contribution is -2.34. The molecule has 0 saturated heterocycles. The number of carbonyl (C=O) groups excluding carboxylic acids is 1. The molecule has 3 aromatic rings. The highest BCUT2D eigenvalue weighted by Crippen LogP contribution is 2.33. The number of hydrogen-bond donors (Lipinski definition) is 2. The van der Waals surface area contributed by atoms with Crippen LogP contribution in [0.3, 0.4) is 0 Å². The van der Waals surface area contributed by atoms with Crippen LogP contribution in [0.15, 0.2) is 76.1 Å². The fraction of sp³-hybridized carbons (Fsp3) is 0.259. The lowest BCUT2D eigenvalue weighted by molar-refractivity contribution is 0.0977. The average molecular weight is 603 g/mol. The zero-order valence-electron chi connectivity index (χ0n) is 20.5. The number of nitrogens with zero attached hydrogens (tertiary/aromatic N) is 1. The van der Waals surface area contributed by atoms with Crippen molar-refractivity contribution in [2.45, 2.75) is 31.6 Å². The van der Waals surface area contributed by atoms with Crippen LogP contribution in [0.4, 0.5) is 11.4 Å². The molecule has 10 heteroatoms. The highest BCUT2D eigenvalue weighted by atomic mass is 79.9. The summed E-state index contributed by atoms with van der Waals surface area (Å²) in [4.78, 5) is 12.8. The number of halogens is 1. The van der Waals surface area contributed by atoms with Crippen molar-refractivity contribution in [1.29, 1.82) is 0 Å². The second-order valence-electron chi connectivity index (χ2n) is 9.06. The molecule has 0 radical (unpaired) electrons. The molecule has 0 aliphatic carbocycles. The maximum absolute atomic E-state index is 13.2. The Morgan fingerprint density at radius 1 is 1.11 bits per heavy atom. The van der Waals surface area contributed by atoms with Crippen molar-refractivity contribution in [3.63, 3.8) is 0 Å². The van der Waals surface area contributed by atoms with Gasteiger partial charge >= 0.3 is 0 Å². The minimum atomic E-state index is -3.68. The molecule has 0 aromatic heterocycles. The Bertz CT molecular complexity index is 1410. The van der Waals surface area contributed by atoms with E-state index in [1.54, 1.807) is 30.3 Å². The van der Waals surface area contributed by atoms with Gasteiger partial charge in [-0.05, 0) is 101 Å². The molecule has 1 aliphatic heterocycles. The van der Waals surface area contributed by atoms with Crippen LogP contribution in [0.5, 0.6) is 5.75 Å². The van der Waals surface area contributed by atoms with E-state index in [1.165, 1.54) is 16.4 Å². The van der Waals surface area contributed by atoms with Gasteiger partial charge in [0.05, 0.1) is 21.7 Å². The number of nitrogens with one attached hydrogen (secondary N) is 2. The Balaban J connectivity index is 1.35. The van der Waals surface area contributed by atoms with Gasteiger partial charge in [0, 0.05) is 17.8 Å². The number of anilines is 2. The summed E-state index contributed by atoms with van der Waals surface area (Å²) in [6.45, 7) is 5.28. The molecule has 0 spiro atoms. The third-order valence-corrected chi connectivity index (χ3v) is 8.57. The summed E-state index contributed by atoms with van der Waals surface area (Å²) in [5.41, 5.74) is 2.71. The zero-order chi connectivity index (χ0) is 26.6. The van der Waals surface area contributed by atoms with Crippen molar-refractivity contribution >= 4 is 60.6 Å². The monoisotopic (exact) mass is 601 g/mol. The van der Waals surface area contributed by atoms with Gasteiger partial charge in [-0.25, -0.2) is 8.42 Å². The highest BCUT2D eigenvalue weighted by molar-refractivity contribution is 9.10. The van der Waals surface area contributed by atoms with Crippen LogP contribution in [-0.2, 0) is 16.4 Å². The largest absolute Gasteiger partial charge is 0.492 e. The predicted molar refractivity (Wildman–Crippen MR) is 154 cm³/mol. The summed E-state index contributed by atoms with van der Waals surface area (Å²) in [5.74, 6) is 0.838. The van der Waals surface area contributed by atoms with E-state index in [1.807, 2.05) is 24.3 Å². The van der Waals surface area contributed by atoms with E-state index in [9.17, 15) is 13.2 Å². The molecule has 0 fully saturated rings. The summed E-state index contributed by atoms with van der Waals surface area (Å²) >= 11 is 8.74. The number of thiocarbonyl (C=S) groups is 1. The normalized spacial score (nSPS) is 12.8. The Labute approximate surface area is 231 Å². The Kier molecular flexibility index (Phi) is 8.51. The van der Waals surface area contributed by atoms with Crippen LogP contribution in [0.2, 0.25) is 0 Å². The Morgan fingerprint density at radius 3 is 2.54 bits per heavy atom. The second-order valence-corrected chi connectivity index (χ2v) is 12.2. The van der Waals surface area contributed by atoms with E-state index in [4.69, 9.17) is 17.0 Å². The number of amides is 1. The van der Waals surface area contributed by atoms with Crippen molar-refractivity contribution < 1.29 is 17.9 Å². The van der Waals surface area contributed by atoms with Crippen molar-refractivity contribution in [2.24, 2.45) is 5.92 Å². The number of fused-ring (bicyclic) bond motifs is 1. The van der Waals surface area contributed by atoms with Crippen LogP contribution < -0.4 is 19.7 Å². The van der Waals surface area contributed by atoms with E-state index in [0.717, 1.165) is 17.7 Å². The first-order chi connectivity index (χ1) is 17.6. The summed E-state index contributed by atoms with van der Waals surface area (Å²) in [5, 5.41) is 5.67. The SMILES string of the molecule is CC(C)CCOc1ccc(C(=O)NC(=S)Nc2ccc(S(=O)(=O)N3CCc4ccccc43)cc2)cc1Br. The minimum Gasteiger partial charge on any atom is -0.492 e. The first kappa shape index (κ1) is 27.1. The third kappa shape index (κ3) is 6.49. The number of hydrogen-bond acceptors (Lipinski definition) is 5. The number of rotatable bonds is 8. The molecule has 194 valence electrons. The highest BCUT2D eigenvalue weighted by Gasteiger charge is 2.30. The number of sulfonamides is 1. The number of para-hydroxylation sites is 1. The van der Waals surface area contributed by atoms with Gasteiger partial charge in [0.1, 0.15) is 5.75 Å². The topological polar surface area (TPSA) is 87.7 Å². The second kappa shape index (κ2) is 11.6. The summed E-state index contributed by atoms with van der Waals surface area (Å²) < 4.78 is 34.2. The van der Waals surface area contributed by atoms with E-state index in [0.29, 0.717) is 47.0 Å². The lowest BCUT2D eigenvalue weighted by Gasteiger charge is -2.19. The van der Waals surface area contributed by atoms with E-state index < -0.39 is 10.0 Å². The molecule has 1 aliphatic rings. The fourth-order valence-corrected chi connectivity index (χ4v) is 6.10. The van der Waals surface area contributed by atoms with Crippen molar-refractivity contribution in [3.05, 3.63) is 82.3 Å². The first-order valence-electron chi connectivity index (χ1n) is 11.9. The lowest BCUT2D eigenvalue weighted by atomic mass is 10.1. The zero-order valence-corrected chi connectivity index (χ0v) is 23.8. The van der Waals surface area contributed by atoms with Gasteiger partial charge in [0.2, 0.25) is 0 Å². The van der Waals surface area contributed by atoms with Crippen LogP contribution >= 0.6 is 28.1 Å². The number of ether oxygens (including phenoxy) is 1. The quantitative estimate of drug-likeness (QED) is 0.320. The standard InChI is InChI=1S/C27H28BrN3O4S2/c1-18(2)14-16-35-25-12-7-20(17-23(25)28)26(32)30-27(36)29-21-8-10-22(11-9-21)37(33,34)31-15-13-19-5-3-4-6-24(19)31/h3-12,17-18H,13-16H2,1-2H3,(H2,29,30,32,36). The minimum absolute atomic E-state index is 0.0995. The van der Waals surface area contributed by atoms with Gasteiger partial charge in [0.25, 0.3) is 15.9 Å². The third-order valence-electron chi connectivity index (χ3n) is 5.92. The van der Waals surface area contributed by atoms with Crippen LogP contribution in [-0.4, -0.2) is 32.6 Å². The average Bonchev–Trinajstić information content (AvgIpc) is 3.30. The van der Waals surface area contributed by atoms with Gasteiger partial charge in [-0.15, -0.1) is 0 Å². The van der Waals surface area contributed by atoms with Crippen molar-refractivity contribution in [2.75, 3.05) is 22.8 Å². The molecule has 0 unspecified atom stereocenters. The molecule has 37 heavy (non-hydrogen) atoms. The molecule has 7 nitrogen and oxygen atoms in total. The van der Waals surface area contributed by atoms with Gasteiger partial charge in [-0.1, -0.05) is 32.0 Å². The summed E-state index contributed by atoms with van der Waals surface area (Å²) in [6.07, 6.45) is 1.63. The van der Waals surface area contributed by atoms with Gasteiger partial charge in [-0.2, -0.15) is 0 Å². The molecule has 0 saturated carbocycles. The first-order valence-corrected chi connectivity index (χ1v) is 14.5. The molecule has 0 atom stereocenters. The number of benzene rings is 3. The summed E-state index contributed by atoms with van der Waals surface area (Å²) in [7, 11) is -3.68. The van der Waals surface area contributed by atoms with E-state index in [-0.39, 0.29) is 15.9 Å². The van der Waals surface area contributed by atoms with Crippen LogP contribution in [0.25, 0.3) is 0 Å². The van der Waals surface area contributed by atoms with Crippen LogP contribution in [0, 0.1) is 5.92 Å². The van der Waals surface area contributed by atoms with Gasteiger partial charge in [-0.3, -0.25) is 14.4 Å². The van der Waals surface area contributed by atoms with Crippen LogP contribution in [0.1, 0.15) is 36.2 Å². The molecular formula is C27H28BrN3O4S2. The molecule has 3 aromatic carbocycles. The summed E-state index contributed by atoms with van der Waals surface area (Å²) in [6, 6.07) is 18.9.